The number of benzene rings is 3. The molecule has 4 rings (SSSR count). The Bertz CT molecular complexity index is 1580. The van der Waals surface area contributed by atoms with E-state index in [4.69, 9.17) is 20.8 Å². The van der Waals surface area contributed by atoms with Gasteiger partial charge in [-0.1, -0.05) is 41.4 Å². The van der Waals surface area contributed by atoms with E-state index in [1.807, 2.05) is 6.92 Å². The van der Waals surface area contributed by atoms with Crippen molar-refractivity contribution in [3.05, 3.63) is 93.3 Å². The summed E-state index contributed by atoms with van der Waals surface area (Å²) in [6.45, 7) is 4.90. The molecule has 0 spiro atoms. The van der Waals surface area contributed by atoms with Gasteiger partial charge in [0.1, 0.15) is 23.1 Å². The number of fused-ring (bicyclic) bond motifs is 1. The van der Waals surface area contributed by atoms with Crippen molar-refractivity contribution in [1.29, 1.82) is 0 Å². The fourth-order valence-electron chi connectivity index (χ4n) is 3.57. The Kier molecular flexibility index (Phi) is 6.80. The van der Waals surface area contributed by atoms with Crippen molar-refractivity contribution in [3.8, 4) is 16.9 Å². The fraction of sp³-hybridized carbons (Fsp3) is 0.154. The lowest BCUT2D eigenvalue weighted by Crippen LogP contribution is -2.40. The molecule has 0 aliphatic carbocycles. The van der Waals surface area contributed by atoms with Crippen LogP contribution in [0, 0.1) is 13.8 Å². The molecule has 0 unspecified atom stereocenters. The average molecular weight is 512 g/mol. The second-order valence-electron chi connectivity index (χ2n) is 8.10. The molecule has 1 aromatic heterocycles. The van der Waals surface area contributed by atoms with Gasteiger partial charge in [-0.15, -0.1) is 0 Å². The second kappa shape index (κ2) is 9.65. The van der Waals surface area contributed by atoms with Gasteiger partial charge >= 0.3 is 5.97 Å². The van der Waals surface area contributed by atoms with Crippen LogP contribution in [-0.2, 0) is 14.8 Å². The smallest absolute Gasteiger partial charge is 0.329 e. The lowest BCUT2D eigenvalue weighted by molar-refractivity contribution is -0.135. The number of carbonyl (C=O) groups is 1. The highest BCUT2D eigenvalue weighted by molar-refractivity contribution is 7.89. The van der Waals surface area contributed by atoms with Gasteiger partial charge < -0.3 is 9.15 Å². The van der Waals surface area contributed by atoms with Crippen molar-refractivity contribution in [1.82, 2.24) is 4.72 Å². The summed E-state index contributed by atoms with van der Waals surface area (Å²) < 4.78 is 38.6. The first-order valence-electron chi connectivity index (χ1n) is 10.7. The van der Waals surface area contributed by atoms with Crippen LogP contribution in [0.5, 0.6) is 5.75 Å². The summed E-state index contributed by atoms with van der Waals surface area (Å²) in [4.78, 5) is 25.7. The summed E-state index contributed by atoms with van der Waals surface area (Å²) in [5, 5.41) is 0.867. The van der Waals surface area contributed by atoms with Crippen LogP contribution < -0.4 is 14.9 Å². The molecule has 9 heteroatoms. The Morgan fingerprint density at radius 2 is 1.66 bits per heavy atom. The number of hydrogen-bond acceptors (Lipinski definition) is 6. The minimum atomic E-state index is -3.91. The second-order valence-corrected chi connectivity index (χ2v) is 10.3. The molecule has 0 aliphatic rings. The molecule has 7 nitrogen and oxygen atoms in total. The first-order valence-corrected chi connectivity index (χ1v) is 12.6. The molecule has 0 saturated heterocycles. The zero-order chi connectivity index (χ0) is 25.3. The highest BCUT2D eigenvalue weighted by Crippen LogP contribution is 2.27. The monoisotopic (exact) mass is 511 g/mol. The third-order valence-electron chi connectivity index (χ3n) is 5.41. The number of esters is 1. The molecule has 1 N–H and O–H groups in total. The highest BCUT2D eigenvalue weighted by atomic mass is 35.5. The first-order chi connectivity index (χ1) is 16.5. The summed E-state index contributed by atoms with van der Waals surface area (Å²) in [5.74, 6) is -0.296. The van der Waals surface area contributed by atoms with E-state index in [1.54, 1.807) is 43.3 Å². The van der Waals surface area contributed by atoms with Crippen LogP contribution in [0.1, 0.15) is 18.2 Å². The van der Waals surface area contributed by atoms with Gasteiger partial charge in [0, 0.05) is 11.1 Å². The van der Waals surface area contributed by atoms with Crippen LogP contribution in [-0.4, -0.2) is 20.4 Å². The van der Waals surface area contributed by atoms with Crippen LogP contribution in [0.4, 0.5) is 0 Å². The number of aryl methyl sites for hydroxylation is 2. The molecule has 0 radical (unpaired) electrons. The van der Waals surface area contributed by atoms with Crippen molar-refractivity contribution in [2.24, 2.45) is 0 Å². The van der Waals surface area contributed by atoms with E-state index in [0.717, 1.165) is 5.56 Å². The number of nitrogens with one attached hydrogen (secondary N) is 1. The van der Waals surface area contributed by atoms with Crippen molar-refractivity contribution in [2.45, 2.75) is 31.7 Å². The van der Waals surface area contributed by atoms with E-state index < -0.39 is 22.0 Å². The predicted molar refractivity (Wildman–Crippen MR) is 134 cm³/mol. The maximum absolute atomic E-state index is 13.1. The Balaban J connectivity index is 1.56. The summed E-state index contributed by atoms with van der Waals surface area (Å²) >= 11 is 5.95. The van der Waals surface area contributed by atoms with Gasteiger partial charge in [0.25, 0.3) is 0 Å². The Morgan fingerprint density at radius 3 is 2.31 bits per heavy atom. The first kappa shape index (κ1) is 24.7. The summed E-state index contributed by atoms with van der Waals surface area (Å²) in [7, 11) is -3.91. The lowest BCUT2D eigenvalue weighted by atomic mass is 10.0. The summed E-state index contributed by atoms with van der Waals surface area (Å²) in [6, 6.07) is 16.3. The molecular formula is C26H22ClNO6S. The normalized spacial score (nSPS) is 12.5. The van der Waals surface area contributed by atoms with Gasteiger partial charge in [-0.3, -0.25) is 4.79 Å². The van der Waals surface area contributed by atoms with Crippen molar-refractivity contribution >= 4 is 38.6 Å². The maximum Gasteiger partial charge on any atom is 0.329 e. The van der Waals surface area contributed by atoms with Crippen molar-refractivity contribution in [3.63, 3.8) is 0 Å². The Labute approximate surface area is 207 Å². The number of hydrogen-bond donors (Lipinski definition) is 1. The van der Waals surface area contributed by atoms with Crippen LogP contribution in [0.3, 0.4) is 0 Å². The quantitative estimate of drug-likeness (QED) is 0.288. The third kappa shape index (κ3) is 5.30. The Morgan fingerprint density at radius 1 is 1.00 bits per heavy atom. The van der Waals surface area contributed by atoms with Gasteiger partial charge in [0.2, 0.25) is 15.5 Å². The van der Waals surface area contributed by atoms with E-state index >= 15 is 0 Å². The van der Waals surface area contributed by atoms with Gasteiger partial charge in [-0.2, -0.15) is 4.72 Å². The molecule has 1 heterocycles. The Hall–Kier alpha value is -3.46. The minimum Gasteiger partial charge on any atom is -0.460 e. The van der Waals surface area contributed by atoms with E-state index in [-0.39, 0.29) is 21.7 Å². The van der Waals surface area contributed by atoms with Gasteiger partial charge in [-0.05, 0) is 62.7 Å². The zero-order valence-electron chi connectivity index (χ0n) is 19.2. The number of ether oxygens (including phenoxy) is 1. The molecule has 3 aromatic carbocycles. The molecule has 0 saturated carbocycles. The highest BCUT2D eigenvalue weighted by Gasteiger charge is 2.24. The van der Waals surface area contributed by atoms with E-state index in [0.29, 0.717) is 27.3 Å². The summed E-state index contributed by atoms with van der Waals surface area (Å²) in [6.07, 6.45) is 0. The number of carbonyl (C=O) groups excluding carboxylic acids is 1. The lowest BCUT2D eigenvalue weighted by Gasteiger charge is -2.14. The predicted octanol–water partition coefficient (Wildman–Crippen LogP) is 5.00. The van der Waals surface area contributed by atoms with Crippen LogP contribution >= 0.6 is 11.6 Å². The average Bonchev–Trinajstić information content (AvgIpc) is 2.80. The van der Waals surface area contributed by atoms with Crippen molar-refractivity contribution < 1.29 is 22.4 Å². The molecule has 1 atom stereocenters. The standard InChI is InChI=1S/C26H22ClNO6S/c1-15-4-11-21(12-5-15)35(31,32)28-16(2)26(30)34-20-10-13-22-23(14-20)33-17(3)24(25(22)29)18-6-8-19(27)9-7-18/h4-14,16,28H,1-3H3/t16-/m1/s1. The zero-order valence-corrected chi connectivity index (χ0v) is 20.7. The minimum absolute atomic E-state index is 0.0437. The number of halogens is 1. The third-order valence-corrected chi connectivity index (χ3v) is 7.22. The molecular weight excluding hydrogens is 490 g/mol. The molecule has 0 fully saturated rings. The molecule has 0 aliphatic heterocycles. The van der Waals surface area contributed by atoms with Gasteiger partial charge in [0.15, 0.2) is 0 Å². The van der Waals surface area contributed by atoms with Crippen LogP contribution in [0.2, 0.25) is 5.02 Å². The molecule has 35 heavy (non-hydrogen) atoms. The van der Waals surface area contributed by atoms with Crippen molar-refractivity contribution in [2.75, 3.05) is 0 Å². The van der Waals surface area contributed by atoms with E-state index in [1.165, 1.54) is 37.3 Å². The number of rotatable bonds is 6. The van der Waals surface area contributed by atoms with E-state index in [2.05, 4.69) is 4.72 Å². The maximum atomic E-state index is 13.1. The molecule has 4 aromatic rings. The largest absolute Gasteiger partial charge is 0.460 e. The summed E-state index contributed by atoms with van der Waals surface area (Å²) in [5.41, 5.74) is 2.01. The van der Waals surface area contributed by atoms with Crippen LogP contribution in [0.15, 0.2) is 80.8 Å². The van der Waals surface area contributed by atoms with Crippen LogP contribution in [0.25, 0.3) is 22.1 Å². The fourth-order valence-corrected chi connectivity index (χ4v) is 4.89. The topological polar surface area (TPSA) is 103 Å². The van der Waals surface area contributed by atoms with Gasteiger partial charge in [0.05, 0.1) is 15.8 Å². The SMILES string of the molecule is Cc1ccc(S(=O)(=O)N[C@H](C)C(=O)Oc2ccc3c(=O)c(-c4ccc(Cl)cc4)c(C)oc3c2)cc1. The molecule has 180 valence electrons. The molecule has 0 bridgehead atoms. The molecule has 0 amide bonds. The number of sulfonamides is 1. The van der Waals surface area contributed by atoms with E-state index in [9.17, 15) is 18.0 Å². The van der Waals surface area contributed by atoms with Gasteiger partial charge in [-0.25, -0.2) is 13.2 Å².